The molecule has 0 aromatic heterocycles. The molecule has 5 nitrogen and oxygen atoms in total. The molecule has 6 heteroatoms. The van der Waals surface area contributed by atoms with Gasteiger partial charge < -0.3 is 23.5 Å². The zero-order valence-corrected chi connectivity index (χ0v) is 7.77. The maximum absolute atomic E-state index is 9.30. The summed E-state index contributed by atoms with van der Waals surface area (Å²) in [4.78, 5) is 0. The molecule has 12 heavy (non-hydrogen) atoms. The number of aliphatic hydroxyl groups excluding tert-OH is 2. The normalized spacial score (nSPS) is 53.8. The molecule has 2 rings (SSSR count). The first-order valence-electron chi connectivity index (χ1n) is 3.99. The van der Waals surface area contributed by atoms with Crippen molar-refractivity contribution >= 4 is 8.80 Å². The van der Waals surface area contributed by atoms with Crippen LogP contribution in [0.3, 0.4) is 0 Å². The lowest BCUT2D eigenvalue weighted by Gasteiger charge is -2.21. The topological polar surface area (TPSA) is 68.2 Å². The predicted molar refractivity (Wildman–Crippen MR) is 39.9 cm³/mol. The molecule has 0 amide bonds. The van der Waals surface area contributed by atoms with Crippen molar-refractivity contribution in [1.82, 2.24) is 0 Å². The van der Waals surface area contributed by atoms with Gasteiger partial charge in [0, 0.05) is 6.55 Å². The fourth-order valence-electron chi connectivity index (χ4n) is 1.53. The Morgan fingerprint density at radius 1 is 1.17 bits per heavy atom. The molecular formula is C6H12O5Si. The fraction of sp³-hybridized carbons (Fsp3) is 1.00. The van der Waals surface area contributed by atoms with E-state index >= 15 is 0 Å². The smallest absolute Gasteiger partial charge is 0.369 e. The summed E-state index contributed by atoms with van der Waals surface area (Å²) in [5.41, 5.74) is 0. The van der Waals surface area contributed by atoms with Gasteiger partial charge in [-0.05, 0) is 12.8 Å². The van der Waals surface area contributed by atoms with Gasteiger partial charge in [0.25, 0.3) is 0 Å². The maximum atomic E-state index is 9.30. The molecule has 0 radical (unpaired) electrons. The van der Waals surface area contributed by atoms with E-state index in [2.05, 4.69) is 0 Å². The van der Waals surface area contributed by atoms with Gasteiger partial charge in [-0.3, -0.25) is 0 Å². The van der Waals surface area contributed by atoms with Crippen LogP contribution in [-0.4, -0.2) is 37.7 Å². The molecule has 2 heterocycles. The third-order valence-corrected chi connectivity index (χ3v) is 4.17. The first-order chi connectivity index (χ1) is 5.59. The van der Waals surface area contributed by atoms with Gasteiger partial charge in [-0.15, -0.1) is 0 Å². The van der Waals surface area contributed by atoms with E-state index in [1.165, 1.54) is 0 Å². The van der Waals surface area contributed by atoms with Gasteiger partial charge in [-0.25, -0.2) is 0 Å². The van der Waals surface area contributed by atoms with Crippen molar-refractivity contribution in [3.63, 3.8) is 0 Å². The van der Waals surface area contributed by atoms with E-state index in [1.807, 2.05) is 0 Å². The Morgan fingerprint density at radius 3 is 2.67 bits per heavy atom. The quantitative estimate of drug-likeness (QED) is 0.502. The van der Waals surface area contributed by atoms with Crippen LogP contribution in [0.25, 0.3) is 0 Å². The van der Waals surface area contributed by atoms with Crippen molar-refractivity contribution in [2.45, 2.75) is 38.1 Å². The highest BCUT2D eigenvalue weighted by atomic mass is 28.4. The molecule has 2 aliphatic rings. The molecule has 2 bridgehead atoms. The average molecular weight is 192 g/mol. The van der Waals surface area contributed by atoms with Crippen LogP contribution in [0.15, 0.2) is 0 Å². The SMILES string of the molecule is C[Si]12OC(O)CCC(O1)C(O)O2. The lowest BCUT2D eigenvalue weighted by atomic mass is 10.2. The summed E-state index contributed by atoms with van der Waals surface area (Å²) in [6, 6.07) is 0. The monoisotopic (exact) mass is 192 g/mol. The van der Waals surface area contributed by atoms with Crippen LogP contribution in [-0.2, 0) is 13.3 Å². The van der Waals surface area contributed by atoms with Gasteiger partial charge in [0.1, 0.15) is 6.29 Å². The first-order valence-corrected chi connectivity index (χ1v) is 6.21. The highest BCUT2D eigenvalue weighted by Gasteiger charge is 2.52. The van der Waals surface area contributed by atoms with Crippen LogP contribution in [0.5, 0.6) is 0 Å². The van der Waals surface area contributed by atoms with E-state index in [4.69, 9.17) is 13.3 Å². The highest BCUT2D eigenvalue weighted by molar-refractivity contribution is 6.59. The van der Waals surface area contributed by atoms with Crippen LogP contribution in [0, 0.1) is 0 Å². The van der Waals surface area contributed by atoms with Crippen LogP contribution in [0.1, 0.15) is 12.8 Å². The number of hydrogen-bond donors (Lipinski definition) is 2. The highest BCUT2D eigenvalue weighted by Crippen LogP contribution is 2.32. The van der Waals surface area contributed by atoms with Crippen molar-refractivity contribution in [1.29, 1.82) is 0 Å². The van der Waals surface area contributed by atoms with Crippen LogP contribution >= 0.6 is 0 Å². The molecule has 0 spiro atoms. The van der Waals surface area contributed by atoms with Crippen molar-refractivity contribution in [2.24, 2.45) is 0 Å². The summed E-state index contributed by atoms with van der Waals surface area (Å²) in [6.07, 6.45) is -0.939. The summed E-state index contributed by atoms with van der Waals surface area (Å²) in [7, 11) is -2.71. The van der Waals surface area contributed by atoms with Crippen LogP contribution in [0.4, 0.5) is 0 Å². The van der Waals surface area contributed by atoms with E-state index in [0.717, 1.165) is 0 Å². The number of fused-ring (bicyclic) bond motifs is 2. The van der Waals surface area contributed by atoms with Crippen molar-refractivity contribution in [2.75, 3.05) is 0 Å². The molecule has 0 saturated carbocycles. The minimum atomic E-state index is -2.71. The zero-order valence-electron chi connectivity index (χ0n) is 6.77. The van der Waals surface area contributed by atoms with Gasteiger partial charge in [0.15, 0.2) is 6.29 Å². The molecule has 0 aliphatic carbocycles. The van der Waals surface area contributed by atoms with E-state index < -0.39 is 21.4 Å². The Labute approximate surface area is 71.2 Å². The Kier molecular flexibility index (Phi) is 1.98. The van der Waals surface area contributed by atoms with Gasteiger partial charge >= 0.3 is 8.80 Å². The minimum absolute atomic E-state index is 0.321. The maximum Gasteiger partial charge on any atom is 0.502 e. The summed E-state index contributed by atoms with van der Waals surface area (Å²) < 4.78 is 15.6. The summed E-state index contributed by atoms with van der Waals surface area (Å²) in [5, 5.41) is 18.5. The second-order valence-electron chi connectivity index (χ2n) is 3.18. The molecule has 2 saturated heterocycles. The van der Waals surface area contributed by atoms with Crippen LogP contribution in [0.2, 0.25) is 6.55 Å². The van der Waals surface area contributed by atoms with Crippen molar-refractivity contribution < 1.29 is 23.5 Å². The fourth-order valence-corrected chi connectivity index (χ4v) is 3.68. The number of hydrogen-bond acceptors (Lipinski definition) is 5. The third-order valence-electron chi connectivity index (χ3n) is 2.07. The summed E-state index contributed by atoms with van der Waals surface area (Å²) >= 11 is 0. The second kappa shape index (κ2) is 2.76. The van der Waals surface area contributed by atoms with Gasteiger partial charge in [0.05, 0.1) is 6.10 Å². The molecule has 70 valence electrons. The molecule has 0 aromatic carbocycles. The van der Waals surface area contributed by atoms with E-state index in [0.29, 0.717) is 12.8 Å². The van der Waals surface area contributed by atoms with E-state index in [-0.39, 0.29) is 6.10 Å². The Morgan fingerprint density at radius 2 is 1.92 bits per heavy atom. The van der Waals surface area contributed by atoms with Gasteiger partial charge in [-0.1, -0.05) is 0 Å². The molecule has 4 unspecified atom stereocenters. The first kappa shape index (κ1) is 8.61. The average Bonchev–Trinajstić information content (AvgIpc) is 2.10. The van der Waals surface area contributed by atoms with Crippen molar-refractivity contribution in [3.05, 3.63) is 0 Å². The van der Waals surface area contributed by atoms with Gasteiger partial charge in [-0.2, -0.15) is 0 Å². The lowest BCUT2D eigenvalue weighted by Crippen LogP contribution is -2.40. The zero-order chi connectivity index (χ0) is 8.77. The van der Waals surface area contributed by atoms with Crippen molar-refractivity contribution in [3.8, 4) is 0 Å². The largest absolute Gasteiger partial charge is 0.502 e. The summed E-state index contributed by atoms with van der Waals surface area (Å²) in [6.45, 7) is 1.67. The van der Waals surface area contributed by atoms with Crippen LogP contribution < -0.4 is 0 Å². The second-order valence-corrected chi connectivity index (χ2v) is 5.61. The number of rotatable bonds is 0. The Hall–Kier alpha value is 0.0169. The van der Waals surface area contributed by atoms with E-state index in [9.17, 15) is 10.2 Å². The Balaban J connectivity index is 2.14. The molecule has 2 aliphatic heterocycles. The molecule has 0 aromatic rings. The molecule has 4 atom stereocenters. The van der Waals surface area contributed by atoms with E-state index in [1.54, 1.807) is 6.55 Å². The summed E-state index contributed by atoms with van der Waals surface area (Å²) in [5.74, 6) is 0. The lowest BCUT2D eigenvalue weighted by molar-refractivity contribution is -0.0949. The molecule has 2 N–H and O–H groups in total. The number of aliphatic hydroxyl groups is 2. The minimum Gasteiger partial charge on any atom is -0.369 e. The standard InChI is InChI=1S/C6H12O5Si/c1-12-9-4(6(8)11-12)2-3-5(7)10-12/h4-8H,2-3H2,1H3. The van der Waals surface area contributed by atoms with Gasteiger partial charge in [0.2, 0.25) is 0 Å². The third kappa shape index (κ3) is 1.41. The Bertz CT molecular complexity index is 185. The molecule has 2 fully saturated rings. The predicted octanol–water partition coefficient (Wildman–Crippen LogP) is -0.582. The molecular weight excluding hydrogens is 180 g/mol.